The molecule has 28 heavy (non-hydrogen) atoms. The topological polar surface area (TPSA) is 177 Å². The van der Waals surface area contributed by atoms with Gasteiger partial charge in [0, 0.05) is 12.7 Å². The predicted octanol–water partition coefficient (Wildman–Crippen LogP) is -2.21. The second kappa shape index (κ2) is 7.64. The van der Waals surface area contributed by atoms with Crippen LogP contribution >= 0.6 is 0 Å². The summed E-state index contributed by atoms with van der Waals surface area (Å²) in [5.41, 5.74) is 1.40. The van der Waals surface area contributed by atoms with Gasteiger partial charge in [0.25, 0.3) is 5.56 Å². The molecule has 11 nitrogen and oxygen atoms in total. The van der Waals surface area contributed by atoms with Gasteiger partial charge in [-0.1, -0.05) is 0 Å². The summed E-state index contributed by atoms with van der Waals surface area (Å²) in [6.07, 6.45) is -4.75. The van der Waals surface area contributed by atoms with E-state index in [1.54, 1.807) is 19.2 Å². The third-order valence-corrected chi connectivity index (χ3v) is 4.53. The lowest BCUT2D eigenvalue weighted by molar-refractivity contribution is -0.282. The highest BCUT2D eigenvalue weighted by Gasteiger charge is 2.27. The lowest BCUT2D eigenvalue weighted by Crippen LogP contribution is -2.42. The Labute approximate surface area is 158 Å². The van der Waals surface area contributed by atoms with Crippen LogP contribution in [0, 0.1) is 6.92 Å². The molecular weight excluding hydrogens is 370 g/mol. The molecule has 5 N–H and O–H groups in total. The molecule has 2 aliphatic rings. The average molecular weight is 390 g/mol. The van der Waals surface area contributed by atoms with Crippen LogP contribution in [-0.4, -0.2) is 71.9 Å². The SMILES string of the molecule is CNc1cc2c(cc1C)nc1c(=O)nc([O-])nc-1n2C[C@H](O)[C@H](O)[C@H](O)CO. The van der Waals surface area contributed by atoms with Crippen molar-refractivity contribution in [2.45, 2.75) is 31.8 Å². The molecule has 0 aromatic heterocycles. The number of nitrogens with one attached hydrogen (secondary N) is 1. The van der Waals surface area contributed by atoms with Crippen molar-refractivity contribution in [3.63, 3.8) is 0 Å². The van der Waals surface area contributed by atoms with E-state index >= 15 is 0 Å². The van der Waals surface area contributed by atoms with Crippen LogP contribution in [0.1, 0.15) is 5.56 Å². The van der Waals surface area contributed by atoms with Gasteiger partial charge in [0.15, 0.2) is 11.5 Å². The van der Waals surface area contributed by atoms with E-state index in [0.29, 0.717) is 11.0 Å². The predicted molar refractivity (Wildman–Crippen MR) is 97.1 cm³/mol. The van der Waals surface area contributed by atoms with Crippen molar-refractivity contribution in [3.05, 3.63) is 28.0 Å². The van der Waals surface area contributed by atoms with Gasteiger partial charge in [-0.05, 0) is 24.6 Å². The van der Waals surface area contributed by atoms with Crippen molar-refractivity contribution >= 4 is 16.7 Å². The van der Waals surface area contributed by atoms with Crippen LogP contribution < -0.4 is 16.0 Å². The Bertz CT molecular complexity index is 1040. The number of aliphatic hydroxyl groups is 4. The second-order valence-electron chi connectivity index (χ2n) is 6.42. The molecule has 11 heteroatoms. The maximum absolute atomic E-state index is 12.2. The van der Waals surface area contributed by atoms with Crippen molar-refractivity contribution in [1.29, 1.82) is 0 Å². The van der Waals surface area contributed by atoms with Gasteiger partial charge in [0.2, 0.25) is 0 Å². The highest BCUT2D eigenvalue weighted by molar-refractivity contribution is 5.84. The number of rotatable bonds is 6. The van der Waals surface area contributed by atoms with E-state index in [4.69, 9.17) is 5.11 Å². The van der Waals surface area contributed by atoms with E-state index in [0.717, 1.165) is 11.3 Å². The van der Waals surface area contributed by atoms with Crippen LogP contribution in [0.4, 0.5) is 5.69 Å². The Hall–Kier alpha value is -2.86. The molecule has 3 atom stereocenters. The Balaban J connectivity index is 2.27. The molecule has 150 valence electrons. The first-order valence-electron chi connectivity index (χ1n) is 8.49. The zero-order valence-corrected chi connectivity index (χ0v) is 15.2. The van der Waals surface area contributed by atoms with Crippen LogP contribution in [0.25, 0.3) is 22.6 Å². The highest BCUT2D eigenvalue weighted by atomic mass is 16.4. The number of hydrogen-bond acceptors (Lipinski definition) is 10. The van der Waals surface area contributed by atoms with E-state index in [2.05, 4.69) is 20.3 Å². The minimum absolute atomic E-state index is 0.104. The normalized spacial score (nSPS) is 14.9. The first kappa shape index (κ1) is 19.9. The molecule has 0 radical (unpaired) electrons. The summed E-state index contributed by atoms with van der Waals surface area (Å²) in [5.74, 6) is -0.104. The number of anilines is 1. The fourth-order valence-electron chi connectivity index (χ4n) is 3.03. The summed E-state index contributed by atoms with van der Waals surface area (Å²) in [7, 11) is 1.72. The monoisotopic (exact) mass is 390 g/mol. The molecule has 0 bridgehead atoms. The highest BCUT2D eigenvalue weighted by Crippen LogP contribution is 2.27. The van der Waals surface area contributed by atoms with Gasteiger partial charge >= 0.3 is 0 Å². The standard InChI is InChI=1S/C17H21N5O6/c1-7-3-9-10(4-8(7)18-2)22(5-11(24)14(26)12(25)6-23)15-13(19-9)16(27)21-17(28)20-15/h3-4,11-12,14,18,23-26H,5-6H2,1-2H3,(H,21,27,28)/p-1/t11-,12+,14-/m0/s1. The van der Waals surface area contributed by atoms with E-state index in [1.807, 2.05) is 6.92 Å². The van der Waals surface area contributed by atoms with Crippen LogP contribution in [0.5, 0.6) is 6.01 Å². The number of aryl methyl sites for hydroxylation is 1. The molecule has 1 aromatic rings. The number of nitrogens with zero attached hydrogens (tertiary/aromatic N) is 4. The minimum atomic E-state index is -1.66. The Morgan fingerprint density at radius 2 is 1.89 bits per heavy atom. The van der Waals surface area contributed by atoms with Crippen LogP contribution in [0.2, 0.25) is 0 Å². The number of fused-ring (bicyclic) bond motifs is 2. The zero-order valence-electron chi connectivity index (χ0n) is 15.2. The van der Waals surface area contributed by atoms with Crippen molar-refractivity contribution in [2.24, 2.45) is 0 Å². The fourth-order valence-corrected chi connectivity index (χ4v) is 3.03. The minimum Gasteiger partial charge on any atom is -0.844 e. The fraction of sp³-hybridized carbons (Fsp3) is 0.412. The Kier molecular flexibility index (Phi) is 5.42. The number of hydrogen-bond donors (Lipinski definition) is 5. The third-order valence-electron chi connectivity index (χ3n) is 4.53. The first-order valence-corrected chi connectivity index (χ1v) is 8.49. The lowest BCUT2D eigenvalue weighted by Gasteiger charge is -2.25. The van der Waals surface area contributed by atoms with Gasteiger partial charge in [-0.15, -0.1) is 0 Å². The second-order valence-corrected chi connectivity index (χ2v) is 6.42. The molecule has 0 amide bonds. The molecule has 2 heterocycles. The molecule has 0 spiro atoms. The number of aromatic nitrogens is 4. The number of aliphatic hydroxyl groups excluding tert-OH is 4. The van der Waals surface area contributed by atoms with E-state index in [1.165, 1.54) is 4.57 Å². The molecule has 2 aliphatic heterocycles. The third kappa shape index (κ3) is 3.47. The van der Waals surface area contributed by atoms with E-state index < -0.39 is 36.5 Å². The summed E-state index contributed by atoms with van der Waals surface area (Å²) in [6, 6.07) is 2.42. The van der Waals surface area contributed by atoms with Crippen LogP contribution in [-0.2, 0) is 6.54 Å². The summed E-state index contributed by atoms with van der Waals surface area (Å²) in [4.78, 5) is 23.4. The molecule has 0 aliphatic carbocycles. The molecule has 0 unspecified atom stereocenters. The smallest absolute Gasteiger partial charge is 0.300 e. The van der Waals surface area contributed by atoms with Gasteiger partial charge in [0.05, 0.1) is 30.2 Å². The van der Waals surface area contributed by atoms with Crippen molar-refractivity contribution in [3.8, 4) is 17.5 Å². The Morgan fingerprint density at radius 1 is 1.18 bits per heavy atom. The Morgan fingerprint density at radius 3 is 2.54 bits per heavy atom. The van der Waals surface area contributed by atoms with Gasteiger partial charge in [-0.25, -0.2) is 15.0 Å². The van der Waals surface area contributed by atoms with Gasteiger partial charge < -0.3 is 35.4 Å². The van der Waals surface area contributed by atoms with E-state index in [9.17, 15) is 25.2 Å². The maximum Gasteiger partial charge on any atom is 0.300 e. The maximum atomic E-state index is 12.2. The quantitative estimate of drug-likeness (QED) is 0.290. The summed E-state index contributed by atoms with van der Waals surface area (Å²) >= 11 is 0. The van der Waals surface area contributed by atoms with E-state index in [-0.39, 0.29) is 18.1 Å². The van der Waals surface area contributed by atoms with Crippen molar-refractivity contribution in [1.82, 2.24) is 19.5 Å². The molecular formula is C17H20N5O6-. The van der Waals surface area contributed by atoms with Gasteiger partial charge in [-0.3, -0.25) is 4.79 Å². The largest absolute Gasteiger partial charge is 0.844 e. The summed E-state index contributed by atoms with van der Waals surface area (Å²) < 4.78 is 1.36. The van der Waals surface area contributed by atoms with Crippen LogP contribution in [0.15, 0.2) is 16.9 Å². The molecule has 0 saturated carbocycles. The summed E-state index contributed by atoms with van der Waals surface area (Å²) in [5, 5.41) is 53.6. The zero-order chi connectivity index (χ0) is 20.6. The van der Waals surface area contributed by atoms with Crippen molar-refractivity contribution < 1.29 is 25.5 Å². The molecule has 3 rings (SSSR count). The summed E-state index contributed by atoms with van der Waals surface area (Å²) in [6.45, 7) is 0.768. The van der Waals surface area contributed by atoms with Crippen LogP contribution in [0.3, 0.4) is 0 Å². The van der Waals surface area contributed by atoms with Gasteiger partial charge in [-0.2, -0.15) is 0 Å². The molecule has 0 saturated heterocycles. The average Bonchev–Trinajstić information content (AvgIpc) is 2.66. The lowest BCUT2D eigenvalue weighted by atomic mass is 10.1. The van der Waals surface area contributed by atoms with Crippen molar-refractivity contribution in [2.75, 3.05) is 19.0 Å². The first-order chi connectivity index (χ1) is 13.3. The molecule has 1 aromatic carbocycles. The molecule has 0 fully saturated rings. The van der Waals surface area contributed by atoms with Gasteiger partial charge in [0.1, 0.15) is 18.3 Å². The number of benzene rings is 1.